The first-order valence-corrected chi connectivity index (χ1v) is 8.44. The van der Waals surface area contributed by atoms with Crippen LogP contribution in [0.15, 0.2) is 60.9 Å². The molecule has 2 heterocycles. The van der Waals surface area contributed by atoms with Crippen LogP contribution in [-0.2, 0) is 18.1 Å². The first kappa shape index (κ1) is 18.9. The Balaban J connectivity index is 1.90. The zero-order valence-corrected chi connectivity index (χ0v) is 14.7. The van der Waals surface area contributed by atoms with Crippen LogP contribution in [0.4, 0.5) is 17.6 Å². The van der Waals surface area contributed by atoms with Crippen LogP contribution < -0.4 is 0 Å². The van der Waals surface area contributed by atoms with Crippen LogP contribution in [0.5, 0.6) is 0 Å². The summed E-state index contributed by atoms with van der Waals surface area (Å²) in [5, 5.41) is 21.9. The van der Waals surface area contributed by atoms with Gasteiger partial charge in [0.15, 0.2) is 5.60 Å². The van der Waals surface area contributed by atoms with Gasteiger partial charge < -0.3 is 5.11 Å². The molecule has 0 aliphatic rings. The van der Waals surface area contributed by atoms with Gasteiger partial charge in [-0.1, -0.05) is 24.3 Å². The highest BCUT2D eigenvalue weighted by atomic mass is 19.3. The number of hydrogen-bond acceptors (Lipinski definition) is 5. The quantitative estimate of drug-likeness (QED) is 0.518. The molecule has 2 aromatic carbocycles. The molecule has 4 aromatic rings. The maximum atomic E-state index is 15.6. The van der Waals surface area contributed by atoms with Crippen molar-refractivity contribution in [1.82, 2.24) is 25.2 Å². The lowest BCUT2D eigenvalue weighted by atomic mass is 9.84. The molecule has 1 atom stereocenters. The third-order valence-corrected chi connectivity index (χ3v) is 4.60. The molecule has 0 saturated carbocycles. The molecule has 0 fully saturated rings. The monoisotopic (exact) mass is 403 g/mol. The number of alkyl halides is 2. The van der Waals surface area contributed by atoms with E-state index in [4.69, 9.17) is 0 Å². The first-order valence-electron chi connectivity index (χ1n) is 8.44. The van der Waals surface area contributed by atoms with Crippen LogP contribution in [0.3, 0.4) is 0 Å². The maximum absolute atomic E-state index is 15.6. The number of fused-ring (bicyclic) bond motifs is 1. The molecule has 6 nitrogen and oxygen atoms in total. The second-order valence-corrected chi connectivity index (χ2v) is 6.46. The van der Waals surface area contributed by atoms with E-state index in [0.29, 0.717) is 11.5 Å². The van der Waals surface area contributed by atoms with Crippen molar-refractivity contribution < 1.29 is 22.7 Å². The Labute approximate surface area is 161 Å². The number of hydrogen-bond donors (Lipinski definition) is 1. The fourth-order valence-electron chi connectivity index (χ4n) is 3.12. The van der Waals surface area contributed by atoms with Crippen molar-refractivity contribution in [1.29, 1.82) is 0 Å². The van der Waals surface area contributed by atoms with E-state index in [1.54, 1.807) is 18.2 Å². The Kier molecular flexibility index (Phi) is 4.50. The maximum Gasteiger partial charge on any atom is 0.323 e. The van der Waals surface area contributed by atoms with Gasteiger partial charge in [-0.15, -0.1) is 5.10 Å². The van der Waals surface area contributed by atoms with Gasteiger partial charge >= 0.3 is 5.92 Å². The van der Waals surface area contributed by atoms with E-state index in [2.05, 4.69) is 20.5 Å². The summed E-state index contributed by atoms with van der Waals surface area (Å²) in [5.41, 5.74) is -4.48. The minimum atomic E-state index is -4.08. The molecule has 0 spiro atoms. The van der Waals surface area contributed by atoms with Crippen LogP contribution in [-0.4, -0.2) is 30.3 Å². The number of pyridine rings is 1. The lowest BCUT2D eigenvalue weighted by molar-refractivity contribution is -0.207. The number of aromatic nitrogens is 5. The molecule has 0 radical (unpaired) electrons. The number of rotatable bonds is 5. The van der Waals surface area contributed by atoms with E-state index >= 15 is 8.78 Å². The SMILES string of the molecule is OC(Cn1cnnn1)(c1ccc(F)cc1F)C(F)(F)c1ccc2ccccc2n1. The minimum absolute atomic E-state index is 0.272. The van der Waals surface area contributed by atoms with Crippen LogP contribution in [0.25, 0.3) is 10.9 Å². The number of benzene rings is 2. The molecule has 10 heteroatoms. The molecule has 2 aromatic heterocycles. The average Bonchev–Trinajstić information content (AvgIpc) is 3.20. The molecular formula is C19H13F4N5O. The fraction of sp³-hybridized carbons (Fsp3) is 0.158. The van der Waals surface area contributed by atoms with E-state index in [1.165, 1.54) is 12.1 Å². The summed E-state index contributed by atoms with van der Waals surface area (Å²) in [7, 11) is 0. The Morgan fingerprint density at radius 1 is 1.00 bits per heavy atom. The summed E-state index contributed by atoms with van der Waals surface area (Å²) >= 11 is 0. The predicted molar refractivity (Wildman–Crippen MR) is 93.7 cm³/mol. The number of halogens is 4. The van der Waals surface area contributed by atoms with Gasteiger partial charge in [-0.25, -0.2) is 18.4 Å². The van der Waals surface area contributed by atoms with Gasteiger partial charge in [0.1, 0.15) is 23.7 Å². The van der Waals surface area contributed by atoms with Crippen molar-refractivity contribution in [2.75, 3.05) is 0 Å². The second-order valence-electron chi connectivity index (χ2n) is 6.46. The summed E-state index contributed by atoms with van der Waals surface area (Å²) in [6.07, 6.45) is 0.996. The zero-order chi connectivity index (χ0) is 20.6. The van der Waals surface area contributed by atoms with Crippen molar-refractivity contribution in [2.45, 2.75) is 18.1 Å². The van der Waals surface area contributed by atoms with Gasteiger partial charge in [0.05, 0.1) is 12.1 Å². The lowest BCUT2D eigenvalue weighted by Crippen LogP contribution is -2.48. The average molecular weight is 403 g/mol. The smallest absolute Gasteiger partial charge is 0.323 e. The summed E-state index contributed by atoms with van der Waals surface area (Å²) in [5.74, 6) is -6.38. The predicted octanol–water partition coefficient (Wildman–Crippen LogP) is 3.18. The largest absolute Gasteiger partial charge is 0.377 e. The van der Waals surface area contributed by atoms with Gasteiger partial charge in [-0.3, -0.25) is 0 Å². The molecule has 4 rings (SSSR count). The van der Waals surface area contributed by atoms with Gasteiger partial charge in [0, 0.05) is 17.0 Å². The number of aliphatic hydroxyl groups is 1. The second kappa shape index (κ2) is 6.89. The topological polar surface area (TPSA) is 76.7 Å². The highest BCUT2D eigenvalue weighted by Gasteiger charge is 2.58. The van der Waals surface area contributed by atoms with E-state index in [9.17, 15) is 13.9 Å². The van der Waals surface area contributed by atoms with E-state index in [0.717, 1.165) is 29.2 Å². The number of tetrazole rings is 1. The summed E-state index contributed by atoms with van der Waals surface area (Å²) in [4.78, 5) is 3.95. The Morgan fingerprint density at radius 2 is 1.79 bits per heavy atom. The highest BCUT2D eigenvalue weighted by Crippen LogP contribution is 2.46. The molecule has 1 unspecified atom stereocenters. The molecule has 0 aliphatic carbocycles. The van der Waals surface area contributed by atoms with Crippen LogP contribution in [0.2, 0.25) is 0 Å². The van der Waals surface area contributed by atoms with Gasteiger partial charge in [0.25, 0.3) is 0 Å². The molecule has 1 N–H and O–H groups in total. The van der Waals surface area contributed by atoms with Crippen molar-refractivity contribution in [2.24, 2.45) is 0 Å². The third-order valence-electron chi connectivity index (χ3n) is 4.60. The van der Waals surface area contributed by atoms with E-state index in [-0.39, 0.29) is 5.52 Å². The van der Waals surface area contributed by atoms with Crippen molar-refractivity contribution in [3.8, 4) is 0 Å². The Bertz CT molecular complexity index is 1170. The number of para-hydroxylation sites is 1. The van der Waals surface area contributed by atoms with Crippen LogP contribution >= 0.6 is 0 Å². The van der Waals surface area contributed by atoms with Crippen molar-refractivity contribution in [3.05, 3.63) is 83.8 Å². The highest BCUT2D eigenvalue weighted by molar-refractivity contribution is 5.78. The summed E-state index contributed by atoms with van der Waals surface area (Å²) < 4.78 is 59.9. The fourth-order valence-corrected chi connectivity index (χ4v) is 3.12. The van der Waals surface area contributed by atoms with Crippen LogP contribution in [0, 0.1) is 11.6 Å². The minimum Gasteiger partial charge on any atom is -0.377 e. The molecular weight excluding hydrogens is 390 g/mol. The normalized spacial score (nSPS) is 14.1. The van der Waals surface area contributed by atoms with Crippen molar-refractivity contribution in [3.63, 3.8) is 0 Å². The van der Waals surface area contributed by atoms with Crippen molar-refractivity contribution >= 4 is 10.9 Å². The first-order chi connectivity index (χ1) is 13.8. The number of nitrogens with zero attached hydrogens (tertiary/aromatic N) is 5. The molecule has 0 bridgehead atoms. The lowest BCUT2D eigenvalue weighted by Gasteiger charge is -2.35. The van der Waals surface area contributed by atoms with E-state index < -0.39 is 41.0 Å². The van der Waals surface area contributed by atoms with Gasteiger partial charge in [0.2, 0.25) is 0 Å². The Morgan fingerprint density at radius 3 is 2.52 bits per heavy atom. The summed E-state index contributed by atoms with van der Waals surface area (Å²) in [6, 6.07) is 11.0. The molecule has 0 amide bonds. The Hall–Kier alpha value is -3.40. The molecule has 29 heavy (non-hydrogen) atoms. The molecule has 0 saturated heterocycles. The zero-order valence-electron chi connectivity index (χ0n) is 14.7. The third kappa shape index (κ3) is 3.21. The van der Waals surface area contributed by atoms with Gasteiger partial charge in [-0.05, 0) is 34.7 Å². The van der Waals surface area contributed by atoms with Crippen LogP contribution in [0.1, 0.15) is 11.3 Å². The van der Waals surface area contributed by atoms with Gasteiger partial charge in [-0.2, -0.15) is 8.78 Å². The standard InChI is InChI=1S/C19H13F4N5O/c20-13-6-7-14(15(21)9-13)18(29,10-28-11-24-26-27-28)19(22,23)17-8-5-12-3-1-2-4-16(12)25-17/h1-9,11,29H,10H2. The van der Waals surface area contributed by atoms with E-state index in [1.807, 2.05) is 0 Å². The molecule has 0 aliphatic heterocycles. The summed E-state index contributed by atoms with van der Waals surface area (Å²) in [6.45, 7) is -0.899. The molecule has 148 valence electrons.